The predicted octanol–water partition coefficient (Wildman–Crippen LogP) is 2.93. The Morgan fingerprint density at radius 3 is 2.58 bits per heavy atom. The minimum atomic E-state index is -0.0781. The number of aromatic nitrogens is 3. The highest BCUT2D eigenvalue weighted by Crippen LogP contribution is 2.31. The molecule has 0 saturated heterocycles. The predicted molar refractivity (Wildman–Crippen MR) is 93.2 cm³/mol. The van der Waals surface area contributed by atoms with Gasteiger partial charge >= 0.3 is 0 Å². The number of imidazole rings is 1. The van der Waals surface area contributed by atoms with Crippen molar-refractivity contribution in [1.82, 2.24) is 14.5 Å². The van der Waals surface area contributed by atoms with Gasteiger partial charge in [-0.1, -0.05) is 30.3 Å². The van der Waals surface area contributed by atoms with Gasteiger partial charge in [0.25, 0.3) is 6.01 Å². The molecule has 0 aliphatic carbocycles. The number of pyridine rings is 1. The average molecular weight is 320 g/mol. The Morgan fingerprint density at radius 1 is 1.08 bits per heavy atom. The lowest BCUT2D eigenvalue weighted by Gasteiger charge is -2.09. The first-order valence-corrected chi connectivity index (χ1v) is 7.53. The number of fused-ring (bicyclic) bond motifs is 3. The highest BCUT2D eigenvalue weighted by molar-refractivity contribution is 6.06. The maximum atomic E-state index is 10.3. The molecule has 2 aromatic heterocycles. The molecule has 0 bridgehead atoms. The Hall–Kier alpha value is -3.28. The van der Waals surface area contributed by atoms with E-state index in [2.05, 4.69) is 9.97 Å². The SMILES string of the molecule is COc1ccc(Cn2c(O)nc3c(N)nc4ccccc4c32)cc1. The second-order valence-corrected chi connectivity index (χ2v) is 5.56. The Bertz CT molecular complexity index is 1040. The molecule has 0 aliphatic heterocycles. The maximum Gasteiger partial charge on any atom is 0.295 e. The summed E-state index contributed by atoms with van der Waals surface area (Å²) in [6, 6.07) is 15.3. The summed E-state index contributed by atoms with van der Waals surface area (Å²) in [5.74, 6) is 1.10. The summed E-state index contributed by atoms with van der Waals surface area (Å²) < 4.78 is 6.93. The topological polar surface area (TPSA) is 86.2 Å². The minimum Gasteiger partial charge on any atom is -0.497 e. The average Bonchev–Trinajstić information content (AvgIpc) is 2.93. The normalized spacial score (nSPS) is 11.2. The van der Waals surface area contributed by atoms with Gasteiger partial charge in [-0.25, -0.2) is 4.98 Å². The van der Waals surface area contributed by atoms with E-state index in [1.54, 1.807) is 11.7 Å². The van der Waals surface area contributed by atoms with Crippen LogP contribution in [-0.2, 0) is 6.54 Å². The van der Waals surface area contributed by atoms with Gasteiger partial charge in [-0.15, -0.1) is 0 Å². The summed E-state index contributed by atoms with van der Waals surface area (Å²) >= 11 is 0. The van der Waals surface area contributed by atoms with Crippen molar-refractivity contribution in [3.05, 3.63) is 54.1 Å². The van der Waals surface area contributed by atoms with E-state index in [1.165, 1.54) is 0 Å². The molecular weight excluding hydrogens is 304 g/mol. The summed E-state index contributed by atoms with van der Waals surface area (Å²) in [5, 5.41) is 11.2. The summed E-state index contributed by atoms with van der Waals surface area (Å²) in [5.41, 5.74) is 9.11. The standard InChI is InChI=1S/C18H16N4O2/c1-24-12-8-6-11(7-9-12)10-22-16-13-4-2-3-5-14(13)20-17(19)15(16)21-18(22)23/h2-9H,10H2,1H3,(H2,19,20)(H,21,23). The molecule has 3 N–H and O–H groups in total. The quantitative estimate of drug-likeness (QED) is 0.606. The van der Waals surface area contributed by atoms with E-state index in [9.17, 15) is 5.11 Å². The number of rotatable bonds is 3. The second-order valence-electron chi connectivity index (χ2n) is 5.56. The van der Waals surface area contributed by atoms with E-state index in [0.29, 0.717) is 17.9 Å². The highest BCUT2D eigenvalue weighted by atomic mass is 16.5. The zero-order valence-corrected chi connectivity index (χ0v) is 13.1. The number of nitrogens with zero attached hydrogens (tertiary/aromatic N) is 3. The molecule has 0 radical (unpaired) electrons. The van der Waals surface area contributed by atoms with Gasteiger partial charge in [-0.05, 0) is 23.8 Å². The fourth-order valence-corrected chi connectivity index (χ4v) is 2.91. The van der Waals surface area contributed by atoms with E-state index in [1.807, 2.05) is 48.5 Å². The Kier molecular flexibility index (Phi) is 3.23. The van der Waals surface area contributed by atoms with Crippen LogP contribution in [0.15, 0.2) is 48.5 Å². The number of aromatic hydroxyl groups is 1. The van der Waals surface area contributed by atoms with Crippen LogP contribution >= 0.6 is 0 Å². The number of nitrogens with two attached hydrogens (primary N) is 1. The van der Waals surface area contributed by atoms with Crippen molar-refractivity contribution >= 4 is 27.8 Å². The molecule has 6 heteroatoms. The zero-order valence-electron chi connectivity index (χ0n) is 13.1. The van der Waals surface area contributed by atoms with Crippen LogP contribution in [-0.4, -0.2) is 26.8 Å². The Balaban J connectivity index is 1.92. The third kappa shape index (κ3) is 2.20. The highest BCUT2D eigenvalue weighted by Gasteiger charge is 2.16. The Morgan fingerprint density at radius 2 is 1.83 bits per heavy atom. The molecule has 0 spiro atoms. The van der Waals surface area contributed by atoms with Crippen LogP contribution in [0.3, 0.4) is 0 Å². The molecular formula is C18H16N4O2. The fourth-order valence-electron chi connectivity index (χ4n) is 2.91. The molecule has 0 atom stereocenters. The lowest BCUT2D eigenvalue weighted by Crippen LogP contribution is -2.01. The Labute approximate surface area is 138 Å². The minimum absolute atomic E-state index is 0.0781. The van der Waals surface area contributed by atoms with E-state index in [4.69, 9.17) is 10.5 Å². The molecule has 120 valence electrons. The molecule has 4 rings (SSSR count). The molecule has 2 aromatic carbocycles. The van der Waals surface area contributed by atoms with Crippen molar-refractivity contribution in [3.63, 3.8) is 0 Å². The van der Waals surface area contributed by atoms with Gasteiger partial charge in [-0.2, -0.15) is 4.98 Å². The second kappa shape index (κ2) is 5.42. The van der Waals surface area contributed by atoms with Crippen LogP contribution in [0.2, 0.25) is 0 Å². The lowest BCUT2D eigenvalue weighted by atomic mass is 10.1. The summed E-state index contributed by atoms with van der Waals surface area (Å²) in [7, 11) is 1.63. The van der Waals surface area contributed by atoms with Gasteiger partial charge in [-0.3, -0.25) is 4.57 Å². The van der Waals surface area contributed by atoms with Gasteiger partial charge < -0.3 is 15.6 Å². The number of methoxy groups -OCH3 is 1. The van der Waals surface area contributed by atoms with Gasteiger partial charge in [0.05, 0.1) is 24.7 Å². The third-order valence-electron chi connectivity index (χ3n) is 4.09. The summed E-state index contributed by atoms with van der Waals surface area (Å²) in [6.07, 6.45) is 0. The first-order valence-electron chi connectivity index (χ1n) is 7.53. The smallest absolute Gasteiger partial charge is 0.295 e. The number of anilines is 1. The van der Waals surface area contributed by atoms with E-state index in [0.717, 1.165) is 27.7 Å². The van der Waals surface area contributed by atoms with Gasteiger partial charge in [0, 0.05) is 5.39 Å². The largest absolute Gasteiger partial charge is 0.497 e. The first-order chi connectivity index (χ1) is 11.7. The lowest BCUT2D eigenvalue weighted by molar-refractivity contribution is 0.408. The van der Waals surface area contributed by atoms with Crippen molar-refractivity contribution in [2.24, 2.45) is 0 Å². The van der Waals surface area contributed by atoms with Crippen molar-refractivity contribution in [1.29, 1.82) is 0 Å². The van der Waals surface area contributed by atoms with Crippen LogP contribution in [0.4, 0.5) is 5.82 Å². The molecule has 6 nitrogen and oxygen atoms in total. The monoisotopic (exact) mass is 320 g/mol. The molecule has 0 amide bonds. The summed E-state index contributed by atoms with van der Waals surface area (Å²) in [4.78, 5) is 8.56. The van der Waals surface area contributed by atoms with Crippen LogP contribution in [0.25, 0.3) is 21.9 Å². The van der Waals surface area contributed by atoms with Crippen LogP contribution in [0.5, 0.6) is 11.8 Å². The fraction of sp³-hybridized carbons (Fsp3) is 0.111. The molecule has 0 aliphatic rings. The van der Waals surface area contributed by atoms with E-state index >= 15 is 0 Å². The van der Waals surface area contributed by atoms with Crippen molar-refractivity contribution in [2.45, 2.75) is 6.54 Å². The molecule has 24 heavy (non-hydrogen) atoms. The van der Waals surface area contributed by atoms with Crippen LogP contribution in [0, 0.1) is 0 Å². The molecule has 0 saturated carbocycles. The van der Waals surface area contributed by atoms with Crippen molar-refractivity contribution < 1.29 is 9.84 Å². The third-order valence-corrected chi connectivity index (χ3v) is 4.09. The maximum absolute atomic E-state index is 10.3. The van der Waals surface area contributed by atoms with Crippen molar-refractivity contribution in [2.75, 3.05) is 12.8 Å². The van der Waals surface area contributed by atoms with E-state index < -0.39 is 0 Å². The molecule has 0 fully saturated rings. The first kappa shape index (κ1) is 14.3. The van der Waals surface area contributed by atoms with Crippen LogP contribution < -0.4 is 10.5 Å². The molecule has 0 unspecified atom stereocenters. The number of nitrogen functional groups attached to an aromatic ring is 1. The number of hydrogen-bond donors (Lipinski definition) is 2. The summed E-state index contributed by atoms with van der Waals surface area (Å²) in [6.45, 7) is 0.472. The number of hydrogen-bond acceptors (Lipinski definition) is 5. The number of benzene rings is 2. The van der Waals surface area contributed by atoms with Gasteiger partial charge in [0.2, 0.25) is 0 Å². The van der Waals surface area contributed by atoms with E-state index in [-0.39, 0.29) is 6.01 Å². The zero-order chi connectivity index (χ0) is 16.7. The van der Waals surface area contributed by atoms with Gasteiger partial charge in [0.1, 0.15) is 11.3 Å². The van der Waals surface area contributed by atoms with Crippen LogP contribution in [0.1, 0.15) is 5.56 Å². The van der Waals surface area contributed by atoms with Gasteiger partial charge in [0.15, 0.2) is 5.82 Å². The van der Waals surface area contributed by atoms with Crippen molar-refractivity contribution in [3.8, 4) is 11.8 Å². The molecule has 4 aromatic rings. The number of para-hydroxylation sites is 1. The molecule has 2 heterocycles. The number of ether oxygens (including phenoxy) is 1.